The minimum absolute atomic E-state index is 0. The van der Waals surface area contributed by atoms with Crippen LogP contribution in [0.3, 0.4) is 0 Å². The molecule has 2 heterocycles. The largest absolute Gasteiger partial charge is 0.444 e. The fraction of sp³-hybridized carbons (Fsp3) is 0.476. The lowest BCUT2D eigenvalue weighted by Crippen LogP contribution is -2.44. The zero-order valence-corrected chi connectivity index (χ0v) is 19.8. The zero-order valence-electron chi connectivity index (χ0n) is 17.4. The predicted molar refractivity (Wildman–Crippen MR) is 127 cm³/mol. The number of nitrogens with one attached hydrogen (secondary N) is 2. The molecule has 1 saturated heterocycles. The molecule has 2 N–H and O–H groups in total. The highest BCUT2D eigenvalue weighted by Crippen LogP contribution is 2.16. The van der Waals surface area contributed by atoms with Gasteiger partial charge in [0.05, 0.1) is 11.6 Å². The number of nitrogens with zero attached hydrogens (tertiary/aromatic N) is 3. The van der Waals surface area contributed by atoms with Crippen molar-refractivity contribution in [2.24, 2.45) is 4.99 Å². The predicted octanol–water partition coefficient (Wildman–Crippen LogP) is 3.53. The Kier molecular flexibility index (Phi) is 8.06. The Labute approximate surface area is 189 Å². The van der Waals surface area contributed by atoms with Crippen LogP contribution in [0.25, 0.3) is 10.9 Å². The molecule has 29 heavy (non-hydrogen) atoms. The molecule has 0 bridgehead atoms. The van der Waals surface area contributed by atoms with E-state index in [1.807, 2.05) is 39.1 Å². The summed E-state index contributed by atoms with van der Waals surface area (Å²) >= 11 is 0. The molecular formula is C21H30IN5O2. The molecule has 1 aromatic carbocycles. The molecule has 1 fully saturated rings. The van der Waals surface area contributed by atoms with Crippen molar-refractivity contribution in [3.05, 3.63) is 42.1 Å². The minimum Gasteiger partial charge on any atom is -0.444 e. The van der Waals surface area contributed by atoms with E-state index < -0.39 is 5.60 Å². The van der Waals surface area contributed by atoms with Crippen LogP contribution in [0.4, 0.5) is 4.79 Å². The molecule has 1 atom stereocenters. The van der Waals surface area contributed by atoms with E-state index in [0.29, 0.717) is 13.1 Å². The van der Waals surface area contributed by atoms with Crippen LogP contribution in [0.2, 0.25) is 0 Å². The van der Waals surface area contributed by atoms with Crippen molar-refractivity contribution in [2.45, 2.75) is 45.4 Å². The first-order valence-corrected chi connectivity index (χ1v) is 9.63. The van der Waals surface area contributed by atoms with E-state index in [0.717, 1.165) is 35.4 Å². The van der Waals surface area contributed by atoms with Gasteiger partial charge in [-0.05, 0) is 38.8 Å². The second-order valence-electron chi connectivity index (χ2n) is 7.97. The summed E-state index contributed by atoms with van der Waals surface area (Å²) in [6.45, 7) is 7.76. The summed E-state index contributed by atoms with van der Waals surface area (Å²) < 4.78 is 5.35. The number of para-hydroxylation sites is 1. The summed E-state index contributed by atoms with van der Waals surface area (Å²) in [5.74, 6) is 0.821. The zero-order chi connectivity index (χ0) is 20.1. The number of amides is 1. The number of guanidine groups is 1. The van der Waals surface area contributed by atoms with Gasteiger partial charge in [-0.3, -0.25) is 9.98 Å². The molecule has 0 spiro atoms. The quantitative estimate of drug-likeness (QED) is 0.375. The topological polar surface area (TPSA) is 78.9 Å². The van der Waals surface area contributed by atoms with Gasteiger partial charge in [-0.15, -0.1) is 24.0 Å². The summed E-state index contributed by atoms with van der Waals surface area (Å²) in [4.78, 5) is 23.1. The first-order chi connectivity index (χ1) is 13.4. The van der Waals surface area contributed by atoms with Crippen molar-refractivity contribution in [1.29, 1.82) is 0 Å². The molecule has 1 aliphatic rings. The normalized spacial score (nSPS) is 17.0. The van der Waals surface area contributed by atoms with Gasteiger partial charge in [-0.2, -0.15) is 0 Å². The number of hydrogen-bond acceptors (Lipinski definition) is 4. The SMILES string of the molecule is CN=C(NCc1cccc2cccnc12)N1CCC(NC(=O)OC(C)(C)C)C1.I. The van der Waals surface area contributed by atoms with Crippen LogP contribution in [0, 0.1) is 0 Å². The standard InChI is InChI=1S/C21H29N5O2.HI/c1-21(2,3)28-20(27)25-17-10-12-26(14-17)19(22-4)24-13-16-8-5-7-15-9-6-11-23-18(15)16;/h5-9,11,17H,10,12-14H2,1-4H3,(H,22,24)(H,25,27);1H. The van der Waals surface area contributed by atoms with Gasteiger partial charge in [0.2, 0.25) is 0 Å². The van der Waals surface area contributed by atoms with Crippen LogP contribution < -0.4 is 10.6 Å². The van der Waals surface area contributed by atoms with Crippen molar-refractivity contribution < 1.29 is 9.53 Å². The van der Waals surface area contributed by atoms with Crippen molar-refractivity contribution in [1.82, 2.24) is 20.5 Å². The Bertz CT molecular complexity index is 860. The maximum absolute atomic E-state index is 12.0. The van der Waals surface area contributed by atoms with Crippen LogP contribution in [-0.2, 0) is 11.3 Å². The van der Waals surface area contributed by atoms with Crippen molar-refractivity contribution in [3.8, 4) is 0 Å². The van der Waals surface area contributed by atoms with Crippen LogP contribution in [0.1, 0.15) is 32.8 Å². The van der Waals surface area contributed by atoms with E-state index in [9.17, 15) is 4.79 Å². The molecule has 7 nitrogen and oxygen atoms in total. The lowest BCUT2D eigenvalue weighted by atomic mass is 10.1. The van der Waals surface area contributed by atoms with Gasteiger partial charge in [-0.25, -0.2) is 4.79 Å². The van der Waals surface area contributed by atoms with Crippen molar-refractivity contribution in [3.63, 3.8) is 0 Å². The van der Waals surface area contributed by atoms with Crippen LogP contribution in [-0.4, -0.2) is 53.7 Å². The summed E-state index contributed by atoms with van der Waals surface area (Å²) in [6, 6.07) is 10.2. The van der Waals surface area contributed by atoms with E-state index in [-0.39, 0.29) is 36.1 Å². The Morgan fingerprint density at radius 2 is 2.07 bits per heavy atom. The Morgan fingerprint density at radius 3 is 2.79 bits per heavy atom. The molecule has 1 unspecified atom stereocenters. The second kappa shape index (κ2) is 10.1. The first-order valence-electron chi connectivity index (χ1n) is 9.63. The number of ether oxygens (including phenoxy) is 1. The number of hydrogen-bond donors (Lipinski definition) is 2. The average Bonchev–Trinajstić information content (AvgIpc) is 3.09. The van der Waals surface area contributed by atoms with E-state index in [4.69, 9.17) is 4.74 Å². The Balaban J connectivity index is 0.00000300. The van der Waals surface area contributed by atoms with Gasteiger partial charge in [0.25, 0.3) is 0 Å². The monoisotopic (exact) mass is 511 g/mol. The van der Waals surface area contributed by atoms with Gasteiger partial charge < -0.3 is 20.3 Å². The van der Waals surface area contributed by atoms with E-state index >= 15 is 0 Å². The van der Waals surface area contributed by atoms with E-state index in [1.54, 1.807) is 7.05 Å². The first kappa shape index (κ1) is 23.2. The van der Waals surface area contributed by atoms with E-state index in [1.165, 1.54) is 0 Å². The summed E-state index contributed by atoms with van der Waals surface area (Å²) in [5.41, 5.74) is 1.63. The molecule has 1 aliphatic heterocycles. The van der Waals surface area contributed by atoms with Gasteiger partial charge in [0, 0.05) is 38.3 Å². The Hall–Kier alpha value is -2.10. The molecule has 8 heteroatoms. The van der Waals surface area contributed by atoms with Crippen LogP contribution >= 0.6 is 24.0 Å². The smallest absolute Gasteiger partial charge is 0.407 e. The maximum atomic E-state index is 12.0. The fourth-order valence-electron chi connectivity index (χ4n) is 3.36. The third-order valence-electron chi connectivity index (χ3n) is 4.57. The maximum Gasteiger partial charge on any atom is 0.407 e. The van der Waals surface area contributed by atoms with Crippen LogP contribution in [0.15, 0.2) is 41.5 Å². The highest BCUT2D eigenvalue weighted by atomic mass is 127. The number of likely N-dealkylation sites (tertiary alicyclic amines) is 1. The number of carbonyl (C=O) groups is 1. The number of benzene rings is 1. The molecule has 2 aromatic rings. The molecule has 0 aliphatic carbocycles. The second-order valence-corrected chi connectivity index (χ2v) is 7.97. The summed E-state index contributed by atoms with van der Waals surface area (Å²) in [6.07, 6.45) is 2.30. The number of aliphatic imine (C=N–C) groups is 1. The van der Waals surface area contributed by atoms with Crippen LogP contribution in [0.5, 0.6) is 0 Å². The minimum atomic E-state index is -0.494. The molecule has 158 valence electrons. The number of carbonyl (C=O) groups excluding carboxylic acids is 1. The number of fused-ring (bicyclic) bond motifs is 1. The number of alkyl carbamates (subject to hydrolysis) is 1. The van der Waals surface area contributed by atoms with Gasteiger partial charge in [-0.1, -0.05) is 24.3 Å². The molecule has 1 aromatic heterocycles. The van der Waals surface area contributed by atoms with Crippen molar-refractivity contribution in [2.75, 3.05) is 20.1 Å². The lowest BCUT2D eigenvalue weighted by Gasteiger charge is -2.23. The van der Waals surface area contributed by atoms with Crippen molar-refractivity contribution >= 4 is 46.9 Å². The lowest BCUT2D eigenvalue weighted by molar-refractivity contribution is 0.0507. The van der Waals surface area contributed by atoms with Gasteiger partial charge in [0.15, 0.2) is 5.96 Å². The number of rotatable bonds is 3. The number of pyridine rings is 1. The number of halogens is 1. The highest BCUT2D eigenvalue weighted by Gasteiger charge is 2.27. The average molecular weight is 511 g/mol. The third-order valence-corrected chi connectivity index (χ3v) is 4.57. The van der Waals surface area contributed by atoms with Gasteiger partial charge in [0.1, 0.15) is 5.60 Å². The van der Waals surface area contributed by atoms with Gasteiger partial charge >= 0.3 is 6.09 Å². The van der Waals surface area contributed by atoms with E-state index in [2.05, 4.69) is 43.7 Å². The summed E-state index contributed by atoms with van der Waals surface area (Å²) in [5, 5.41) is 7.50. The molecule has 0 radical (unpaired) electrons. The molecule has 0 saturated carbocycles. The highest BCUT2D eigenvalue weighted by molar-refractivity contribution is 14.0. The Morgan fingerprint density at radius 1 is 1.31 bits per heavy atom. The molecule has 1 amide bonds. The molecular weight excluding hydrogens is 481 g/mol. The number of aromatic nitrogens is 1. The summed E-state index contributed by atoms with van der Waals surface area (Å²) in [7, 11) is 1.78. The fourth-order valence-corrected chi connectivity index (χ4v) is 3.36. The molecule has 3 rings (SSSR count). The third kappa shape index (κ3) is 6.45.